The summed E-state index contributed by atoms with van der Waals surface area (Å²) in [5.74, 6) is 0.715. The molecule has 1 heterocycles. The first-order valence-electron chi connectivity index (χ1n) is 7.16. The average molecular weight is 246 g/mol. The normalized spacial score (nSPS) is 22.4. The largest absolute Gasteiger partial charge is 0.366 e. The lowest BCUT2D eigenvalue weighted by Crippen LogP contribution is -2.43. The Bertz CT molecular complexity index is 398. The molecule has 1 atom stereocenters. The summed E-state index contributed by atoms with van der Waals surface area (Å²) in [6.07, 6.45) is 3.50. The van der Waals surface area contributed by atoms with Crippen molar-refractivity contribution in [1.82, 2.24) is 0 Å². The highest BCUT2D eigenvalue weighted by atomic mass is 15.2. The molecule has 1 aromatic rings. The van der Waals surface area contributed by atoms with Crippen LogP contribution in [0.5, 0.6) is 0 Å². The van der Waals surface area contributed by atoms with Crippen molar-refractivity contribution in [3.63, 3.8) is 0 Å². The lowest BCUT2D eigenvalue weighted by Gasteiger charge is -2.38. The molecule has 0 radical (unpaired) electrons. The second kappa shape index (κ2) is 5.31. The summed E-state index contributed by atoms with van der Waals surface area (Å²) in [6, 6.07) is 8.82. The zero-order valence-electron chi connectivity index (χ0n) is 11.9. The van der Waals surface area contributed by atoms with Gasteiger partial charge in [-0.05, 0) is 57.2 Å². The molecule has 1 unspecified atom stereocenters. The molecule has 0 bridgehead atoms. The van der Waals surface area contributed by atoms with E-state index in [4.69, 9.17) is 5.73 Å². The zero-order chi connectivity index (χ0) is 13.2. The van der Waals surface area contributed by atoms with Crippen molar-refractivity contribution < 1.29 is 0 Å². The van der Waals surface area contributed by atoms with E-state index in [9.17, 15) is 0 Å². The number of benzene rings is 1. The fourth-order valence-corrected chi connectivity index (χ4v) is 3.35. The maximum absolute atomic E-state index is 5.75. The van der Waals surface area contributed by atoms with Gasteiger partial charge in [0.15, 0.2) is 0 Å². The Morgan fingerprint density at radius 2 is 2.06 bits per heavy atom. The summed E-state index contributed by atoms with van der Waals surface area (Å²) in [5.41, 5.74) is 8.86. The topological polar surface area (TPSA) is 29.3 Å². The van der Waals surface area contributed by atoms with Crippen LogP contribution in [0.25, 0.3) is 0 Å². The van der Waals surface area contributed by atoms with Gasteiger partial charge >= 0.3 is 0 Å². The molecule has 0 aromatic heterocycles. The molecule has 0 amide bonds. The number of hydrogen-bond acceptors (Lipinski definition) is 2. The van der Waals surface area contributed by atoms with E-state index in [1.54, 1.807) is 0 Å². The Balaban J connectivity index is 2.29. The van der Waals surface area contributed by atoms with Crippen LogP contribution in [0.15, 0.2) is 24.3 Å². The lowest BCUT2D eigenvalue weighted by atomic mass is 9.85. The fourth-order valence-electron chi connectivity index (χ4n) is 3.35. The second-order valence-corrected chi connectivity index (χ2v) is 5.85. The van der Waals surface area contributed by atoms with Crippen LogP contribution in [-0.4, -0.2) is 18.6 Å². The van der Waals surface area contributed by atoms with E-state index < -0.39 is 0 Å². The molecule has 1 fully saturated rings. The average Bonchev–Trinajstić information content (AvgIpc) is 2.65. The highest BCUT2D eigenvalue weighted by Crippen LogP contribution is 2.40. The van der Waals surface area contributed by atoms with Gasteiger partial charge in [0.05, 0.1) is 0 Å². The number of anilines is 1. The molecular formula is C16H26N2. The molecule has 0 saturated carbocycles. The number of hydrogen-bond donors (Lipinski definition) is 1. The molecule has 100 valence electrons. The summed E-state index contributed by atoms with van der Waals surface area (Å²) in [5, 5.41) is 0. The summed E-state index contributed by atoms with van der Waals surface area (Å²) in [6.45, 7) is 8.94. The SMILES string of the molecule is CCc1ccccc1N1CCC(CCN)C1(C)C. The van der Waals surface area contributed by atoms with Gasteiger partial charge in [0.1, 0.15) is 0 Å². The molecule has 2 N–H and O–H groups in total. The second-order valence-electron chi connectivity index (χ2n) is 5.85. The number of nitrogens with two attached hydrogens (primary N) is 1. The molecule has 2 nitrogen and oxygen atoms in total. The van der Waals surface area contributed by atoms with Gasteiger partial charge in [-0.1, -0.05) is 25.1 Å². The van der Waals surface area contributed by atoms with E-state index in [0.29, 0.717) is 5.92 Å². The summed E-state index contributed by atoms with van der Waals surface area (Å²) in [7, 11) is 0. The maximum Gasteiger partial charge on any atom is 0.0403 e. The first-order valence-corrected chi connectivity index (χ1v) is 7.16. The van der Waals surface area contributed by atoms with Crippen LogP contribution in [0.1, 0.15) is 39.2 Å². The third kappa shape index (κ3) is 2.26. The molecule has 2 rings (SSSR count). The molecule has 1 saturated heterocycles. The Hall–Kier alpha value is -1.02. The van der Waals surface area contributed by atoms with Gasteiger partial charge in [0.2, 0.25) is 0 Å². The summed E-state index contributed by atoms with van der Waals surface area (Å²) >= 11 is 0. The van der Waals surface area contributed by atoms with Crippen LogP contribution in [-0.2, 0) is 6.42 Å². The third-order valence-corrected chi connectivity index (χ3v) is 4.57. The number of para-hydroxylation sites is 1. The quantitative estimate of drug-likeness (QED) is 0.884. The lowest BCUT2D eigenvalue weighted by molar-refractivity contribution is 0.348. The van der Waals surface area contributed by atoms with E-state index in [2.05, 4.69) is 49.9 Å². The van der Waals surface area contributed by atoms with E-state index >= 15 is 0 Å². The van der Waals surface area contributed by atoms with Gasteiger partial charge in [0, 0.05) is 17.8 Å². The van der Waals surface area contributed by atoms with Crippen molar-refractivity contribution in [2.24, 2.45) is 11.7 Å². The van der Waals surface area contributed by atoms with E-state index in [1.807, 2.05) is 0 Å². The Kier molecular flexibility index (Phi) is 3.96. The molecule has 1 aromatic carbocycles. The molecule has 0 spiro atoms. The molecule has 1 aliphatic heterocycles. The monoisotopic (exact) mass is 246 g/mol. The number of aryl methyl sites for hydroxylation is 1. The van der Waals surface area contributed by atoms with Crippen molar-refractivity contribution in [1.29, 1.82) is 0 Å². The van der Waals surface area contributed by atoms with Crippen LogP contribution in [0.3, 0.4) is 0 Å². The van der Waals surface area contributed by atoms with E-state index in [1.165, 1.54) is 17.7 Å². The van der Waals surface area contributed by atoms with Gasteiger partial charge < -0.3 is 10.6 Å². The highest BCUT2D eigenvalue weighted by molar-refractivity contribution is 5.56. The van der Waals surface area contributed by atoms with Crippen molar-refractivity contribution in [2.75, 3.05) is 18.0 Å². The molecule has 18 heavy (non-hydrogen) atoms. The predicted octanol–water partition coefficient (Wildman–Crippen LogP) is 3.20. The van der Waals surface area contributed by atoms with Crippen LogP contribution in [0, 0.1) is 5.92 Å². The predicted molar refractivity (Wildman–Crippen MR) is 79.0 cm³/mol. The Morgan fingerprint density at radius 1 is 1.33 bits per heavy atom. The van der Waals surface area contributed by atoms with Crippen molar-refractivity contribution in [3.05, 3.63) is 29.8 Å². The van der Waals surface area contributed by atoms with Gasteiger partial charge in [-0.25, -0.2) is 0 Å². The van der Waals surface area contributed by atoms with Gasteiger partial charge in [-0.3, -0.25) is 0 Å². The summed E-state index contributed by atoms with van der Waals surface area (Å²) < 4.78 is 0. The van der Waals surface area contributed by atoms with Gasteiger partial charge in [-0.15, -0.1) is 0 Å². The minimum atomic E-state index is 0.227. The van der Waals surface area contributed by atoms with Crippen LogP contribution in [0.2, 0.25) is 0 Å². The standard InChI is InChI=1S/C16H26N2/c1-4-13-7-5-6-8-15(13)18-12-10-14(9-11-17)16(18,2)3/h5-8,14H,4,9-12,17H2,1-3H3. The molecular weight excluding hydrogens is 220 g/mol. The molecule has 2 heteroatoms. The van der Waals surface area contributed by atoms with Crippen LogP contribution < -0.4 is 10.6 Å². The zero-order valence-corrected chi connectivity index (χ0v) is 11.9. The molecule has 0 aliphatic carbocycles. The van der Waals surface area contributed by atoms with Crippen LogP contribution in [0.4, 0.5) is 5.69 Å². The van der Waals surface area contributed by atoms with Crippen molar-refractivity contribution in [2.45, 2.75) is 45.6 Å². The Labute approximate surface area is 111 Å². The van der Waals surface area contributed by atoms with Crippen molar-refractivity contribution in [3.8, 4) is 0 Å². The van der Waals surface area contributed by atoms with E-state index in [0.717, 1.165) is 25.9 Å². The maximum atomic E-state index is 5.75. The minimum absolute atomic E-state index is 0.227. The fraction of sp³-hybridized carbons (Fsp3) is 0.625. The highest BCUT2D eigenvalue weighted by Gasteiger charge is 2.40. The minimum Gasteiger partial charge on any atom is -0.366 e. The first-order chi connectivity index (χ1) is 8.61. The summed E-state index contributed by atoms with van der Waals surface area (Å²) in [4.78, 5) is 2.59. The van der Waals surface area contributed by atoms with Crippen molar-refractivity contribution >= 4 is 5.69 Å². The van der Waals surface area contributed by atoms with Gasteiger partial charge in [-0.2, -0.15) is 0 Å². The van der Waals surface area contributed by atoms with Gasteiger partial charge in [0.25, 0.3) is 0 Å². The molecule has 1 aliphatic rings. The Morgan fingerprint density at radius 3 is 2.72 bits per heavy atom. The van der Waals surface area contributed by atoms with E-state index in [-0.39, 0.29) is 5.54 Å². The first kappa shape index (κ1) is 13.4. The third-order valence-electron chi connectivity index (χ3n) is 4.57. The smallest absolute Gasteiger partial charge is 0.0403 e. The number of nitrogens with zero attached hydrogens (tertiary/aromatic N) is 1. The number of rotatable bonds is 4. The van der Waals surface area contributed by atoms with Crippen LogP contribution >= 0.6 is 0 Å².